The van der Waals surface area contributed by atoms with Gasteiger partial charge in [-0.3, -0.25) is 9.59 Å². The van der Waals surface area contributed by atoms with Gasteiger partial charge in [-0.05, 0) is 32.0 Å². The van der Waals surface area contributed by atoms with Crippen LogP contribution in [0.15, 0.2) is 48.1 Å². The van der Waals surface area contributed by atoms with E-state index in [0.717, 1.165) is 6.07 Å². The first-order chi connectivity index (χ1) is 13.6. The highest BCUT2D eigenvalue weighted by Gasteiger charge is 2.34. The van der Waals surface area contributed by atoms with Crippen LogP contribution in [0.25, 0.3) is 5.69 Å². The van der Waals surface area contributed by atoms with Crippen LogP contribution in [0.2, 0.25) is 0 Å². The van der Waals surface area contributed by atoms with Gasteiger partial charge < -0.3 is 9.88 Å². The van der Waals surface area contributed by atoms with E-state index in [4.69, 9.17) is 0 Å². The number of aromatic nitrogens is 1. The predicted molar refractivity (Wildman–Crippen MR) is 104 cm³/mol. The first-order valence-corrected chi connectivity index (χ1v) is 8.70. The Balaban J connectivity index is 2.19. The lowest BCUT2D eigenvalue weighted by Crippen LogP contribution is -2.29. The molecule has 0 aliphatic rings. The minimum Gasteiger partial charge on any atom is -0.352 e. The summed E-state index contributed by atoms with van der Waals surface area (Å²) in [4.78, 5) is 23.1. The van der Waals surface area contributed by atoms with Crippen molar-refractivity contribution < 1.29 is 22.8 Å². The highest BCUT2D eigenvalue weighted by molar-refractivity contribution is 5.97. The number of para-hydroxylation sites is 1. The first kappa shape index (κ1) is 21.9. The summed E-state index contributed by atoms with van der Waals surface area (Å²) in [7, 11) is 0. The zero-order chi connectivity index (χ0) is 21.6. The number of nitrogens with one attached hydrogen (secondary N) is 2. The second kappa shape index (κ2) is 9.22. The maximum atomic E-state index is 13.4. The van der Waals surface area contributed by atoms with E-state index in [2.05, 4.69) is 22.4 Å². The molecule has 2 rings (SSSR count). The quantitative estimate of drug-likeness (QED) is 0.321. The molecule has 0 unspecified atom stereocenters. The minimum absolute atomic E-state index is 0.0116. The van der Waals surface area contributed by atoms with Gasteiger partial charge in [0, 0.05) is 23.5 Å². The third kappa shape index (κ3) is 5.56. The lowest BCUT2D eigenvalue weighted by atomic mass is 10.1. The summed E-state index contributed by atoms with van der Waals surface area (Å²) in [5.74, 6) is -1.08. The zero-order valence-electron chi connectivity index (χ0n) is 16.0. The number of halogens is 3. The normalized spacial score (nSPS) is 11.5. The van der Waals surface area contributed by atoms with Crippen LogP contribution in [0.4, 0.5) is 13.2 Å². The van der Waals surface area contributed by atoms with Crippen LogP contribution in [0.5, 0.6) is 0 Å². The lowest BCUT2D eigenvalue weighted by Gasteiger charge is -2.16. The first-order valence-electron chi connectivity index (χ1n) is 8.70. The lowest BCUT2D eigenvalue weighted by molar-refractivity contribution is -0.137. The SMILES string of the molecule is C=CCNC(=O)CC(=O)N/N=C/c1cc(C)n(-c2ccccc2C(F)(F)F)c1C. The maximum Gasteiger partial charge on any atom is 0.418 e. The Labute approximate surface area is 166 Å². The van der Waals surface area contributed by atoms with Crippen LogP contribution in [-0.2, 0) is 15.8 Å². The van der Waals surface area contributed by atoms with Gasteiger partial charge in [0.2, 0.25) is 11.8 Å². The molecule has 2 N–H and O–H groups in total. The summed E-state index contributed by atoms with van der Waals surface area (Å²) >= 11 is 0. The monoisotopic (exact) mass is 406 g/mol. The topological polar surface area (TPSA) is 75.5 Å². The van der Waals surface area contributed by atoms with Crippen molar-refractivity contribution >= 4 is 18.0 Å². The average Bonchev–Trinajstić information content (AvgIpc) is 2.92. The molecule has 2 aromatic rings. The van der Waals surface area contributed by atoms with E-state index in [1.807, 2.05) is 0 Å². The van der Waals surface area contributed by atoms with E-state index in [0.29, 0.717) is 17.0 Å². The molecule has 0 spiro atoms. The Bertz CT molecular complexity index is 946. The van der Waals surface area contributed by atoms with Crippen LogP contribution in [0.3, 0.4) is 0 Å². The number of alkyl halides is 3. The van der Waals surface area contributed by atoms with Crippen LogP contribution in [-0.4, -0.2) is 29.1 Å². The molecule has 0 saturated heterocycles. The highest BCUT2D eigenvalue weighted by Crippen LogP contribution is 2.35. The Kier molecular flexibility index (Phi) is 6.98. The molecule has 29 heavy (non-hydrogen) atoms. The number of hydrazone groups is 1. The summed E-state index contributed by atoms with van der Waals surface area (Å²) in [6.07, 6.45) is -2.08. The van der Waals surface area contributed by atoms with Crippen molar-refractivity contribution in [2.75, 3.05) is 6.54 Å². The second-order valence-corrected chi connectivity index (χ2v) is 6.24. The standard InChI is InChI=1S/C20H21F3N4O2/c1-4-9-24-18(28)11-19(29)26-25-12-15-10-13(2)27(14(15)3)17-8-6-5-7-16(17)20(21,22)23/h4-8,10,12H,1,9,11H2,2-3H3,(H,24,28)(H,26,29)/b25-12+. The molecule has 0 radical (unpaired) electrons. The van der Waals surface area contributed by atoms with Gasteiger partial charge in [0.1, 0.15) is 6.42 Å². The van der Waals surface area contributed by atoms with Crippen molar-refractivity contribution in [3.05, 3.63) is 65.5 Å². The molecule has 1 aromatic carbocycles. The number of amides is 2. The van der Waals surface area contributed by atoms with E-state index in [9.17, 15) is 22.8 Å². The number of rotatable bonds is 7. The van der Waals surface area contributed by atoms with Gasteiger partial charge >= 0.3 is 6.18 Å². The molecule has 9 heteroatoms. The minimum atomic E-state index is -4.49. The second-order valence-electron chi connectivity index (χ2n) is 6.24. The fourth-order valence-corrected chi connectivity index (χ4v) is 2.81. The molecule has 0 bridgehead atoms. The summed E-state index contributed by atoms with van der Waals surface area (Å²) < 4.78 is 41.5. The number of benzene rings is 1. The van der Waals surface area contributed by atoms with Crippen LogP contribution >= 0.6 is 0 Å². The van der Waals surface area contributed by atoms with Crippen molar-refractivity contribution in [2.45, 2.75) is 26.4 Å². The maximum absolute atomic E-state index is 13.4. The molecule has 6 nitrogen and oxygen atoms in total. The molecule has 0 fully saturated rings. The molecular weight excluding hydrogens is 385 g/mol. The molecular formula is C20H21F3N4O2. The molecule has 1 heterocycles. The number of hydrogen-bond donors (Lipinski definition) is 2. The van der Waals surface area contributed by atoms with Gasteiger partial charge in [0.25, 0.3) is 0 Å². The predicted octanol–water partition coefficient (Wildman–Crippen LogP) is 3.26. The Morgan fingerprint density at radius 1 is 1.21 bits per heavy atom. The van der Waals surface area contributed by atoms with Crippen LogP contribution in [0, 0.1) is 13.8 Å². The molecule has 1 aromatic heterocycles. The van der Waals surface area contributed by atoms with E-state index in [1.54, 1.807) is 19.9 Å². The van der Waals surface area contributed by atoms with Gasteiger partial charge in [0.15, 0.2) is 0 Å². The van der Waals surface area contributed by atoms with Crippen molar-refractivity contribution in [3.8, 4) is 5.69 Å². The van der Waals surface area contributed by atoms with Crippen molar-refractivity contribution in [2.24, 2.45) is 5.10 Å². The fourth-order valence-electron chi connectivity index (χ4n) is 2.81. The van der Waals surface area contributed by atoms with Gasteiger partial charge in [0.05, 0.1) is 17.5 Å². The summed E-state index contributed by atoms with van der Waals surface area (Å²) in [5, 5.41) is 6.26. The van der Waals surface area contributed by atoms with Crippen LogP contribution < -0.4 is 10.7 Å². The van der Waals surface area contributed by atoms with E-state index in [1.165, 1.54) is 35.1 Å². The number of carbonyl (C=O) groups excluding carboxylic acids is 2. The fraction of sp³-hybridized carbons (Fsp3) is 0.250. The molecule has 0 aliphatic carbocycles. The number of hydrogen-bond acceptors (Lipinski definition) is 3. The Morgan fingerprint density at radius 3 is 2.55 bits per heavy atom. The summed E-state index contributed by atoms with van der Waals surface area (Å²) in [6, 6.07) is 6.96. The van der Waals surface area contributed by atoms with Crippen molar-refractivity contribution in [3.63, 3.8) is 0 Å². The number of carbonyl (C=O) groups is 2. The third-order valence-electron chi connectivity index (χ3n) is 4.08. The van der Waals surface area contributed by atoms with E-state index < -0.39 is 30.0 Å². The third-order valence-corrected chi connectivity index (χ3v) is 4.08. The molecule has 0 aliphatic heterocycles. The van der Waals surface area contributed by atoms with Crippen LogP contribution in [0.1, 0.15) is 28.9 Å². The van der Waals surface area contributed by atoms with Crippen molar-refractivity contribution in [1.29, 1.82) is 0 Å². The molecule has 154 valence electrons. The number of aryl methyl sites for hydroxylation is 1. The highest BCUT2D eigenvalue weighted by atomic mass is 19.4. The Morgan fingerprint density at radius 2 is 1.90 bits per heavy atom. The largest absolute Gasteiger partial charge is 0.418 e. The van der Waals surface area contributed by atoms with Gasteiger partial charge in [-0.1, -0.05) is 18.2 Å². The van der Waals surface area contributed by atoms with Crippen molar-refractivity contribution in [1.82, 2.24) is 15.3 Å². The number of nitrogens with zero attached hydrogens (tertiary/aromatic N) is 2. The smallest absolute Gasteiger partial charge is 0.352 e. The summed E-state index contributed by atoms with van der Waals surface area (Å²) in [6.45, 7) is 7.04. The van der Waals surface area contributed by atoms with Gasteiger partial charge in [-0.2, -0.15) is 18.3 Å². The molecule has 0 saturated carbocycles. The van der Waals surface area contributed by atoms with E-state index >= 15 is 0 Å². The van der Waals surface area contributed by atoms with Gasteiger partial charge in [-0.25, -0.2) is 5.43 Å². The zero-order valence-corrected chi connectivity index (χ0v) is 16.0. The average molecular weight is 406 g/mol. The Hall–Kier alpha value is -3.36. The molecule has 2 amide bonds. The van der Waals surface area contributed by atoms with E-state index in [-0.39, 0.29) is 12.2 Å². The summed E-state index contributed by atoms with van der Waals surface area (Å²) in [5.41, 5.74) is 3.14. The van der Waals surface area contributed by atoms with Gasteiger partial charge in [-0.15, -0.1) is 6.58 Å². The molecule has 0 atom stereocenters.